The summed E-state index contributed by atoms with van der Waals surface area (Å²) in [5.41, 5.74) is 0.898. The summed E-state index contributed by atoms with van der Waals surface area (Å²) in [4.78, 5) is 10.7. The predicted molar refractivity (Wildman–Crippen MR) is 58.5 cm³/mol. The smallest absolute Gasteiger partial charge is 0.179 e. The minimum atomic E-state index is -3.33. The Labute approximate surface area is 90.0 Å². The molecule has 0 aromatic heterocycles. The molecule has 1 rings (SSSR count). The van der Waals surface area contributed by atoms with Gasteiger partial charge < -0.3 is 4.79 Å². The Morgan fingerprint density at radius 3 is 2.60 bits per heavy atom. The first kappa shape index (κ1) is 11.9. The van der Waals surface area contributed by atoms with Gasteiger partial charge in [0.1, 0.15) is 6.29 Å². The van der Waals surface area contributed by atoms with Gasteiger partial charge in [0.15, 0.2) is 9.84 Å². The molecule has 0 aliphatic heterocycles. The van der Waals surface area contributed by atoms with E-state index in [1.807, 2.05) is 13.0 Å². The molecule has 0 saturated heterocycles. The lowest BCUT2D eigenvalue weighted by molar-refractivity contribution is -0.110. The highest BCUT2D eigenvalue weighted by Gasteiger charge is 2.17. The summed E-state index contributed by atoms with van der Waals surface area (Å²) in [6.07, 6.45) is 0.660. The van der Waals surface area contributed by atoms with Crippen molar-refractivity contribution >= 4 is 16.1 Å². The van der Waals surface area contributed by atoms with Crippen LogP contribution in [0.5, 0.6) is 0 Å². The van der Waals surface area contributed by atoms with Crippen molar-refractivity contribution in [2.45, 2.75) is 18.7 Å². The summed E-state index contributed by atoms with van der Waals surface area (Å²) in [5.74, 6) is -0.588. The molecule has 1 aromatic carbocycles. The summed E-state index contributed by atoms with van der Waals surface area (Å²) in [7, 11) is -3.33. The van der Waals surface area contributed by atoms with E-state index in [0.717, 1.165) is 5.56 Å². The summed E-state index contributed by atoms with van der Waals surface area (Å²) < 4.78 is 23.6. The van der Waals surface area contributed by atoms with Crippen LogP contribution in [0.1, 0.15) is 12.5 Å². The third-order valence-corrected chi connectivity index (χ3v) is 4.00. The number of carbonyl (C=O) groups is 1. The highest BCUT2D eigenvalue weighted by molar-refractivity contribution is 7.91. The van der Waals surface area contributed by atoms with E-state index >= 15 is 0 Å². The molecule has 0 amide bonds. The first-order chi connectivity index (χ1) is 6.95. The Balaban J connectivity index is 3.01. The van der Waals surface area contributed by atoms with Crippen LogP contribution >= 0.6 is 0 Å². The fourth-order valence-corrected chi connectivity index (χ4v) is 2.90. The van der Waals surface area contributed by atoms with Crippen molar-refractivity contribution in [3.63, 3.8) is 0 Å². The van der Waals surface area contributed by atoms with Crippen molar-refractivity contribution in [2.75, 3.05) is 5.75 Å². The van der Waals surface area contributed by atoms with Gasteiger partial charge in [0, 0.05) is 5.92 Å². The minimum Gasteiger partial charge on any atom is -0.303 e. The number of hydrogen-bond donors (Lipinski definition) is 0. The number of rotatable bonds is 4. The van der Waals surface area contributed by atoms with Crippen LogP contribution in [-0.4, -0.2) is 20.5 Å². The Morgan fingerprint density at radius 1 is 1.40 bits per heavy atom. The Morgan fingerprint density at radius 2 is 2.07 bits per heavy atom. The molecule has 82 valence electrons. The Bertz CT molecular complexity index is 449. The molecule has 0 saturated carbocycles. The standard InChI is InChI=1S/C11H14O3S/c1-9-4-3-5-11(6-9)15(13,14)8-10(2)7-12/h3-7,10H,8H2,1-2H3/t10-/m0/s1. The molecule has 0 bridgehead atoms. The second kappa shape index (κ2) is 4.57. The van der Waals surface area contributed by atoms with E-state index in [1.165, 1.54) is 0 Å². The lowest BCUT2D eigenvalue weighted by atomic mass is 10.2. The summed E-state index contributed by atoms with van der Waals surface area (Å²) in [5, 5.41) is 0. The van der Waals surface area contributed by atoms with Crippen LogP contribution in [0.25, 0.3) is 0 Å². The third kappa shape index (κ3) is 3.16. The predicted octanol–water partition coefficient (Wildman–Crippen LogP) is 1.60. The summed E-state index contributed by atoms with van der Waals surface area (Å²) in [6.45, 7) is 3.43. The zero-order chi connectivity index (χ0) is 11.5. The monoisotopic (exact) mass is 226 g/mol. The molecular weight excluding hydrogens is 212 g/mol. The molecule has 15 heavy (non-hydrogen) atoms. The zero-order valence-electron chi connectivity index (χ0n) is 8.80. The molecule has 0 fully saturated rings. The van der Waals surface area contributed by atoms with E-state index in [2.05, 4.69) is 0 Å². The highest BCUT2D eigenvalue weighted by atomic mass is 32.2. The van der Waals surface area contributed by atoms with E-state index in [9.17, 15) is 13.2 Å². The largest absolute Gasteiger partial charge is 0.303 e. The average molecular weight is 226 g/mol. The molecule has 0 aliphatic rings. The van der Waals surface area contributed by atoms with Crippen molar-refractivity contribution in [1.29, 1.82) is 0 Å². The molecule has 0 spiro atoms. The fourth-order valence-electron chi connectivity index (χ4n) is 1.29. The van der Waals surface area contributed by atoms with Crippen LogP contribution in [0.4, 0.5) is 0 Å². The van der Waals surface area contributed by atoms with E-state index in [4.69, 9.17) is 0 Å². The van der Waals surface area contributed by atoms with Gasteiger partial charge in [-0.15, -0.1) is 0 Å². The topological polar surface area (TPSA) is 51.2 Å². The van der Waals surface area contributed by atoms with Crippen molar-refractivity contribution in [3.05, 3.63) is 29.8 Å². The van der Waals surface area contributed by atoms with Gasteiger partial charge in [-0.3, -0.25) is 0 Å². The van der Waals surface area contributed by atoms with Gasteiger partial charge >= 0.3 is 0 Å². The van der Waals surface area contributed by atoms with Crippen LogP contribution < -0.4 is 0 Å². The van der Waals surface area contributed by atoms with Crippen LogP contribution in [0.3, 0.4) is 0 Å². The maximum absolute atomic E-state index is 11.8. The van der Waals surface area contributed by atoms with Crippen molar-refractivity contribution < 1.29 is 13.2 Å². The van der Waals surface area contributed by atoms with Crippen molar-refractivity contribution in [1.82, 2.24) is 0 Å². The highest BCUT2D eigenvalue weighted by Crippen LogP contribution is 2.14. The maximum Gasteiger partial charge on any atom is 0.179 e. The van der Waals surface area contributed by atoms with Gasteiger partial charge in [0.05, 0.1) is 10.6 Å². The van der Waals surface area contributed by atoms with Crippen LogP contribution in [-0.2, 0) is 14.6 Å². The number of aldehydes is 1. The molecule has 1 aromatic rings. The Hall–Kier alpha value is -1.16. The number of carbonyl (C=O) groups excluding carboxylic acids is 1. The zero-order valence-corrected chi connectivity index (χ0v) is 9.62. The summed E-state index contributed by atoms with van der Waals surface area (Å²) in [6, 6.07) is 6.71. The molecular formula is C11H14O3S. The molecule has 0 radical (unpaired) electrons. The number of sulfone groups is 1. The van der Waals surface area contributed by atoms with E-state index in [-0.39, 0.29) is 10.6 Å². The van der Waals surface area contributed by atoms with Gasteiger partial charge in [-0.2, -0.15) is 0 Å². The second-order valence-corrected chi connectivity index (χ2v) is 5.75. The fraction of sp³-hybridized carbons (Fsp3) is 0.364. The third-order valence-electron chi connectivity index (χ3n) is 2.06. The normalized spacial score (nSPS) is 13.5. The molecule has 0 heterocycles. The van der Waals surface area contributed by atoms with E-state index in [1.54, 1.807) is 25.1 Å². The molecule has 1 atom stereocenters. The minimum absolute atomic E-state index is 0.125. The average Bonchev–Trinajstić information content (AvgIpc) is 2.17. The van der Waals surface area contributed by atoms with Gasteiger partial charge in [-0.1, -0.05) is 19.1 Å². The molecule has 0 unspecified atom stereocenters. The number of aryl methyl sites for hydroxylation is 1. The quantitative estimate of drug-likeness (QED) is 0.733. The number of hydrogen-bond acceptors (Lipinski definition) is 3. The maximum atomic E-state index is 11.8. The second-order valence-electron chi connectivity index (χ2n) is 3.71. The van der Waals surface area contributed by atoms with Crippen molar-refractivity contribution in [3.8, 4) is 0 Å². The summed E-state index contributed by atoms with van der Waals surface area (Å²) >= 11 is 0. The van der Waals surface area contributed by atoms with Crippen molar-refractivity contribution in [2.24, 2.45) is 5.92 Å². The van der Waals surface area contributed by atoms with Gasteiger partial charge in [0.2, 0.25) is 0 Å². The first-order valence-corrected chi connectivity index (χ1v) is 6.35. The number of benzene rings is 1. The van der Waals surface area contributed by atoms with E-state index < -0.39 is 15.8 Å². The lowest BCUT2D eigenvalue weighted by Crippen LogP contribution is -2.15. The van der Waals surface area contributed by atoms with E-state index in [0.29, 0.717) is 6.29 Å². The molecule has 0 aliphatic carbocycles. The first-order valence-electron chi connectivity index (χ1n) is 4.70. The van der Waals surface area contributed by atoms with Crippen LogP contribution in [0.2, 0.25) is 0 Å². The van der Waals surface area contributed by atoms with Gasteiger partial charge in [0.25, 0.3) is 0 Å². The molecule has 3 nitrogen and oxygen atoms in total. The SMILES string of the molecule is Cc1cccc(S(=O)(=O)C[C@@H](C)C=O)c1. The lowest BCUT2D eigenvalue weighted by Gasteiger charge is -2.06. The van der Waals surface area contributed by atoms with Gasteiger partial charge in [-0.05, 0) is 24.6 Å². The molecule has 4 heteroatoms. The van der Waals surface area contributed by atoms with Crippen LogP contribution in [0, 0.1) is 12.8 Å². The van der Waals surface area contributed by atoms with Gasteiger partial charge in [-0.25, -0.2) is 8.42 Å². The Kier molecular flexibility index (Phi) is 3.63. The van der Waals surface area contributed by atoms with Crippen LogP contribution in [0.15, 0.2) is 29.2 Å². The molecule has 0 N–H and O–H groups in total.